The van der Waals surface area contributed by atoms with Gasteiger partial charge in [-0.1, -0.05) is 60.7 Å². The molecule has 6 nitrogen and oxygen atoms in total. The smallest absolute Gasteiger partial charge is 0.201 e. The maximum Gasteiger partial charge on any atom is 0.201 e. The highest BCUT2D eigenvalue weighted by molar-refractivity contribution is 8.76. The lowest BCUT2D eigenvalue weighted by atomic mass is 10.2. The van der Waals surface area contributed by atoms with E-state index in [1.807, 2.05) is 109 Å². The third-order valence-electron chi connectivity index (χ3n) is 5.43. The van der Waals surface area contributed by atoms with Gasteiger partial charge in [0.25, 0.3) is 0 Å². The minimum atomic E-state index is 0.631. The summed E-state index contributed by atoms with van der Waals surface area (Å²) in [5, 5.41) is 10.1. The van der Waals surface area contributed by atoms with Crippen LogP contribution in [0.5, 0.6) is 0 Å². The van der Waals surface area contributed by atoms with E-state index in [1.165, 1.54) is 21.6 Å². The van der Waals surface area contributed by atoms with Gasteiger partial charge >= 0.3 is 0 Å². The second kappa shape index (κ2) is 10.2. The van der Waals surface area contributed by atoms with Crippen LogP contribution in [0.4, 0.5) is 23.0 Å². The molecule has 0 amide bonds. The van der Waals surface area contributed by atoms with Crippen molar-refractivity contribution in [2.24, 2.45) is 0 Å². The minimum Gasteiger partial charge on any atom is -0.340 e. The number of anilines is 4. The molecule has 174 valence electrons. The third kappa shape index (κ3) is 4.95. The van der Waals surface area contributed by atoms with E-state index in [0.29, 0.717) is 10.3 Å². The molecule has 0 saturated heterocycles. The molecule has 2 heterocycles. The van der Waals surface area contributed by atoms with Gasteiger partial charge in [-0.25, -0.2) is 19.9 Å². The van der Waals surface area contributed by atoms with Gasteiger partial charge in [-0.3, -0.25) is 0 Å². The first-order valence-electron chi connectivity index (χ1n) is 11.3. The first-order chi connectivity index (χ1) is 17.8. The van der Waals surface area contributed by atoms with Crippen LogP contribution in [-0.4, -0.2) is 19.9 Å². The van der Waals surface area contributed by atoms with E-state index in [4.69, 9.17) is 19.9 Å². The summed E-state index contributed by atoms with van der Waals surface area (Å²) in [5.41, 5.74) is 3.69. The van der Waals surface area contributed by atoms with Crippen molar-refractivity contribution in [3.63, 3.8) is 0 Å². The summed E-state index contributed by atoms with van der Waals surface area (Å²) >= 11 is 0. The van der Waals surface area contributed by atoms with Crippen LogP contribution in [0.3, 0.4) is 0 Å². The third-order valence-corrected chi connectivity index (χ3v) is 7.32. The van der Waals surface area contributed by atoms with Crippen LogP contribution in [0.25, 0.3) is 21.8 Å². The highest BCUT2D eigenvalue weighted by atomic mass is 33.1. The summed E-state index contributed by atoms with van der Waals surface area (Å²) in [6.45, 7) is 0. The molecule has 0 unspecified atom stereocenters. The molecule has 0 saturated carbocycles. The van der Waals surface area contributed by atoms with Crippen molar-refractivity contribution >= 4 is 66.4 Å². The van der Waals surface area contributed by atoms with Crippen molar-refractivity contribution in [3.05, 3.63) is 109 Å². The number of fused-ring (bicyclic) bond motifs is 2. The van der Waals surface area contributed by atoms with Gasteiger partial charge in [0, 0.05) is 22.1 Å². The van der Waals surface area contributed by atoms with E-state index in [9.17, 15) is 0 Å². The first-order valence-corrected chi connectivity index (χ1v) is 13.5. The molecule has 0 aliphatic rings. The van der Waals surface area contributed by atoms with Crippen LogP contribution in [0.2, 0.25) is 0 Å². The maximum absolute atomic E-state index is 4.81. The Morgan fingerprint density at radius 1 is 0.417 bits per heavy atom. The second-order valence-electron chi connectivity index (χ2n) is 7.89. The Bertz CT molecular complexity index is 1520. The van der Waals surface area contributed by atoms with Crippen molar-refractivity contribution in [2.45, 2.75) is 10.3 Å². The van der Waals surface area contributed by atoms with E-state index in [2.05, 4.69) is 10.6 Å². The highest BCUT2D eigenvalue weighted by Crippen LogP contribution is 2.37. The molecule has 0 fully saturated rings. The Morgan fingerprint density at radius 3 is 1.25 bits per heavy atom. The Hall–Kier alpha value is -4.14. The van der Waals surface area contributed by atoms with Crippen molar-refractivity contribution < 1.29 is 0 Å². The van der Waals surface area contributed by atoms with Gasteiger partial charge < -0.3 is 10.6 Å². The van der Waals surface area contributed by atoms with E-state index in [1.54, 1.807) is 0 Å². The predicted octanol–water partition coefficient (Wildman–Crippen LogP) is 7.86. The molecule has 0 radical (unpaired) electrons. The van der Waals surface area contributed by atoms with Gasteiger partial charge in [0.1, 0.15) is 11.6 Å². The molecule has 6 aromatic rings. The van der Waals surface area contributed by atoms with Crippen LogP contribution in [0.15, 0.2) is 120 Å². The molecule has 2 aromatic heterocycles. The van der Waals surface area contributed by atoms with Gasteiger partial charge in [0.05, 0.1) is 11.0 Å². The van der Waals surface area contributed by atoms with Crippen LogP contribution in [-0.2, 0) is 0 Å². The quantitative estimate of drug-likeness (QED) is 0.168. The number of rotatable bonds is 7. The lowest BCUT2D eigenvalue weighted by Crippen LogP contribution is -1.99. The number of hydrogen-bond donors (Lipinski definition) is 2. The molecule has 0 bridgehead atoms. The summed E-state index contributed by atoms with van der Waals surface area (Å²) in [5.74, 6) is 1.53. The molecule has 0 aliphatic carbocycles. The molecular formula is C28H20N6S2. The van der Waals surface area contributed by atoms with Crippen molar-refractivity contribution in [2.75, 3.05) is 10.6 Å². The summed E-state index contributed by atoms with van der Waals surface area (Å²) in [6, 6.07) is 36.0. The Kier molecular flexibility index (Phi) is 6.35. The van der Waals surface area contributed by atoms with Gasteiger partial charge in [0.2, 0.25) is 10.3 Å². The molecule has 0 atom stereocenters. The predicted molar refractivity (Wildman–Crippen MR) is 150 cm³/mol. The number of aromatic nitrogens is 4. The first kappa shape index (κ1) is 22.3. The van der Waals surface area contributed by atoms with Crippen LogP contribution in [0.1, 0.15) is 0 Å². The average molecular weight is 505 g/mol. The summed E-state index contributed by atoms with van der Waals surface area (Å²) in [6.07, 6.45) is 0. The zero-order chi connectivity index (χ0) is 24.2. The standard InChI is InChI=1S/C28H20N6S2/c1-3-11-19(12-4-1)29-25-21-15-7-9-17-23(21)31-27(33-25)35-36-28-32-24-18-10-8-16-22(24)26(34-28)30-20-13-5-2-6-14-20/h1-18H,(H,29,31,33)(H,30,32,34). The van der Waals surface area contributed by atoms with Gasteiger partial charge in [0.15, 0.2) is 0 Å². The van der Waals surface area contributed by atoms with E-state index >= 15 is 0 Å². The van der Waals surface area contributed by atoms with Crippen molar-refractivity contribution in [1.82, 2.24) is 19.9 Å². The Morgan fingerprint density at radius 2 is 0.806 bits per heavy atom. The zero-order valence-electron chi connectivity index (χ0n) is 19.0. The number of hydrogen-bond acceptors (Lipinski definition) is 8. The minimum absolute atomic E-state index is 0.631. The second-order valence-corrected chi connectivity index (χ2v) is 9.96. The van der Waals surface area contributed by atoms with Gasteiger partial charge in [-0.15, -0.1) is 0 Å². The molecular weight excluding hydrogens is 484 g/mol. The van der Waals surface area contributed by atoms with Crippen LogP contribution < -0.4 is 10.6 Å². The normalized spacial score (nSPS) is 11.0. The summed E-state index contributed by atoms with van der Waals surface area (Å²) < 4.78 is 0. The fourth-order valence-electron chi connectivity index (χ4n) is 3.77. The Balaban J connectivity index is 1.31. The lowest BCUT2D eigenvalue weighted by Gasteiger charge is -2.11. The van der Waals surface area contributed by atoms with Gasteiger partial charge in [-0.05, 0) is 70.1 Å². The molecule has 0 aliphatic heterocycles. The largest absolute Gasteiger partial charge is 0.340 e. The molecule has 0 spiro atoms. The number of benzene rings is 4. The van der Waals surface area contributed by atoms with E-state index < -0.39 is 0 Å². The number of nitrogens with one attached hydrogen (secondary N) is 2. The number of para-hydroxylation sites is 4. The molecule has 6 rings (SSSR count). The van der Waals surface area contributed by atoms with Crippen LogP contribution >= 0.6 is 21.6 Å². The Labute approximate surface area is 216 Å². The molecule has 4 aromatic carbocycles. The lowest BCUT2D eigenvalue weighted by molar-refractivity contribution is 1.01. The molecule has 8 heteroatoms. The highest BCUT2D eigenvalue weighted by Gasteiger charge is 2.13. The molecule has 2 N–H and O–H groups in total. The monoisotopic (exact) mass is 504 g/mol. The van der Waals surface area contributed by atoms with E-state index in [0.717, 1.165) is 44.8 Å². The topological polar surface area (TPSA) is 75.6 Å². The van der Waals surface area contributed by atoms with Crippen molar-refractivity contribution in [1.29, 1.82) is 0 Å². The van der Waals surface area contributed by atoms with Crippen LogP contribution in [0, 0.1) is 0 Å². The fraction of sp³-hybridized carbons (Fsp3) is 0. The SMILES string of the molecule is c1ccc(Nc2nc(SSc3nc(Nc4ccccc4)c4ccccc4n3)nc3ccccc23)cc1. The molecule has 36 heavy (non-hydrogen) atoms. The fourth-order valence-corrected chi connectivity index (χ4v) is 5.34. The maximum atomic E-state index is 4.81. The average Bonchev–Trinajstić information content (AvgIpc) is 2.93. The van der Waals surface area contributed by atoms with E-state index in [-0.39, 0.29) is 0 Å². The summed E-state index contributed by atoms with van der Waals surface area (Å²) in [4.78, 5) is 19.2. The van der Waals surface area contributed by atoms with Gasteiger partial charge in [-0.2, -0.15) is 0 Å². The number of nitrogens with zero attached hydrogens (tertiary/aromatic N) is 4. The summed E-state index contributed by atoms with van der Waals surface area (Å²) in [7, 11) is 2.88. The van der Waals surface area contributed by atoms with Crippen molar-refractivity contribution in [3.8, 4) is 0 Å². The zero-order valence-corrected chi connectivity index (χ0v) is 20.6.